The van der Waals surface area contributed by atoms with Crippen LogP contribution in [0.3, 0.4) is 0 Å². The molecule has 0 aromatic heterocycles. The van der Waals surface area contributed by atoms with Gasteiger partial charge in [-0.05, 0) is 56.2 Å². The molecule has 0 fully saturated rings. The minimum Gasteiger partial charge on any atom is -0.508 e. The number of allylic oxidation sites excluding steroid dienone is 1. The molecule has 2 N–H and O–H groups in total. The van der Waals surface area contributed by atoms with Crippen molar-refractivity contribution < 1.29 is 5.11 Å². The summed E-state index contributed by atoms with van der Waals surface area (Å²) in [4.78, 5) is 1.15. The van der Waals surface area contributed by atoms with Gasteiger partial charge in [0.2, 0.25) is 0 Å². The summed E-state index contributed by atoms with van der Waals surface area (Å²) >= 11 is 1.69. The molecule has 0 saturated heterocycles. The van der Waals surface area contributed by atoms with Gasteiger partial charge < -0.3 is 10.4 Å². The first-order chi connectivity index (χ1) is 11.4. The maximum atomic E-state index is 10.4. The summed E-state index contributed by atoms with van der Waals surface area (Å²) in [5.74, 6) is 0.338. The van der Waals surface area contributed by atoms with Crippen molar-refractivity contribution in [2.75, 3.05) is 13.3 Å². The zero-order valence-electron chi connectivity index (χ0n) is 14.8. The lowest BCUT2D eigenvalue weighted by Gasteiger charge is -2.29. The van der Waals surface area contributed by atoms with Crippen LogP contribution in [0, 0.1) is 6.92 Å². The molecule has 2 atom stereocenters. The highest BCUT2D eigenvalue weighted by molar-refractivity contribution is 7.98. The topological polar surface area (TPSA) is 32.3 Å². The van der Waals surface area contributed by atoms with Crippen LogP contribution >= 0.6 is 20.3 Å². The zero-order valence-corrected chi connectivity index (χ0v) is 16.6. The Labute approximate surface area is 151 Å². The van der Waals surface area contributed by atoms with Crippen LogP contribution < -0.4 is 10.6 Å². The van der Waals surface area contributed by atoms with Crippen LogP contribution in [-0.2, 0) is 11.7 Å². The lowest BCUT2D eigenvalue weighted by atomic mass is 9.99. The molecule has 2 unspecified atom stereocenters. The van der Waals surface area contributed by atoms with Crippen LogP contribution in [0.5, 0.6) is 5.75 Å². The second-order valence-corrected chi connectivity index (χ2v) is 8.81. The van der Waals surface area contributed by atoms with Gasteiger partial charge in [-0.1, -0.05) is 38.4 Å². The van der Waals surface area contributed by atoms with Gasteiger partial charge in [-0.15, -0.1) is 18.3 Å². The second-order valence-electron chi connectivity index (χ2n) is 6.11. The molecule has 2 rings (SSSR count). The van der Waals surface area contributed by atoms with Gasteiger partial charge in [-0.2, -0.15) is 0 Å². The SMILES string of the molecule is C=CC(C)(Pc1ccc(C)cc1CNC)c1cc(SC)ccc1O. The van der Waals surface area contributed by atoms with Gasteiger partial charge in [0.15, 0.2) is 0 Å². The van der Waals surface area contributed by atoms with Gasteiger partial charge in [0, 0.05) is 22.2 Å². The summed E-state index contributed by atoms with van der Waals surface area (Å²) < 4.78 is 0. The number of phenolic OH excluding ortho intramolecular Hbond substituents is 1. The minimum absolute atomic E-state index is 0.298. The van der Waals surface area contributed by atoms with Gasteiger partial charge in [0.25, 0.3) is 0 Å². The van der Waals surface area contributed by atoms with Crippen molar-refractivity contribution in [2.45, 2.75) is 30.4 Å². The first-order valence-corrected chi connectivity index (χ1v) is 10.2. The Morgan fingerprint density at radius 2 is 2.04 bits per heavy atom. The third-order valence-corrected chi connectivity index (χ3v) is 6.67. The smallest absolute Gasteiger partial charge is 0.120 e. The molecule has 0 heterocycles. The molecular weight excluding hydrogens is 333 g/mol. The average molecular weight is 359 g/mol. The Morgan fingerprint density at radius 3 is 2.67 bits per heavy atom. The summed E-state index contributed by atoms with van der Waals surface area (Å²) in [7, 11) is 2.47. The molecule has 0 bridgehead atoms. The van der Waals surface area contributed by atoms with E-state index in [-0.39, 0.29) is 5.16 Å². The number of phenols is 1. The van der Waals surface area contributed by atoms with E-state index in [4.69, 9.17) is 0 Å². The minimum atomic E-state index is -0.298. The Morgan fingerprint density at radius 1 is 1.29 bits per heavy atom. The Hall–Kier alpha value is -1.28. The fourth-order valence-corrected chi connectivity index (χ4v) is 4.67. The summed E-state index contributed by atoms with van der Waals surface area (Å²) in [5, 5.41) is 14.7. The van der Waals surface area contributed by atoms with Crippen molar-refractivity contribution in [3.63, 3.8) is 0 Å². The molecule has 0 amide bonds. The Bertz CT molecular complexity index is 732. The van der Waals surface area contributed by atoms with Crippen LogP contribution in [0.4, 0.5) is 0 Å². The van der Waals surface area contributed by atoms with E-state index >= 15 is 0 Å². The molecule has 128 valence electrons. The fraction of sp³-hybridized carbons (Fsp3) is 0.300. The highest BCUT2D eigenvalue weighted by Crippen LogP contribution is 2.46. The number of benzene rings is 2. The second kappa shape index (κ2) is 8.20. The molecule has 0 saturated carbocycles. The summed E-state index contributed by atoms with van der Waals surface area (Å²) in [6, 6.07) is 12.4. The van der Waals surface area contributed by atoms with E-state index in [2.05, 4.69) is 56.3 Å². The van der Waals surface area contributed by atoms with E-state index in [0.29, 0.717) is 14.3 Å². The number of nitrogens with one attached hydrogen (secondary N) is 1. The molecule has 2 aromatic carbocycles. The van der Waals surface area contributed by atoms with Gasteiger partial charge in [-0.3, -0.25) is 0 Å². The van der Waals surface area contributed by atoms with E-state index in [1.807, 2.05) is 19.2 Å². The highest BCUT2D eigenvalue weighted by Gasteiger charge is 2.27. The van der Waals surface area contributed by atoms with E-state index in [9.17, 15) is 5.11 Å². The highest BCUT2D eigenvalue weighted by atomic mass is 32.2. The summed E-state index contributed by atoms with van der Waals surface area (Å²) in [6.45, 7) is 9.18. The average Bonchev–Trinajstić information content (AvgIpc) is 2.58. The van der Waals surface area contributed by atoms with Crippen LogP contribution in [0.1, 0.15) is 23.6 Å². The van der Waals surface area contributed by atoms with Crippen molar-refractivity contribution in [2.24, 2.45) is 0 Å². The van der Waals surface area contributed by atoms with E-state index in [0.717, 1.165) is 17.0 Å². The maximum Gasteiger partial charge on any atom is 0.120 e. The summed E-state index contributed by atoms with van der Waals surface area (Å²) in [6.07, 6.45) is 4.02. The summed E-state index contributed by atoms with van der Waals surface area (Å²) in [5.41, 5.74) is 3.52. The third kappa shape index (κ3) is 4.22. The quantitative estimate of drug-likeness (QED) is 0.432. The Kier molecular flexibility index (Phi) is 6.51. The molecule has 0 aliphatic rings. The first-order valence-electron chi connectivity index (χ1n) is 7.97. The van der Waals surface area contributed by atoms with Crippen molar-refractivity contribution in [3.05, 3.63) is 65.7 Å². The number of thioether (sulfide) groups is 1. The molecule has 0 aliphatic heterocycles. The predicted octanol–water partition coefficient (Wildman–Crippen LogP) is 4.55. The standard InChI is InChI=1S/C20H26NOPS/c1-6-20(3,17-12-16(24-5)8-9-18(17)22)23-19-10-7-14(2)11-15(19)13-21-4/h6-12,21-23H,1,13H2,2-5H3. The van der Waals surface area contributed by atoms with Gasteiger partial charge in [0.05, 0.1) is 0 Å². The molecule has 2 nitrogen and oxygen atoms in total. The number of aromatic hydroxyl groups is 1. The normalized spacial score (nSPS) is 14.0. The van der Waals surface area contributed by atoms with Gasteiger partial charge in [0.1, 0.15) is 5.75 Å². The van der Waals surface area contributed by atoms with E-state index in [1.165, 1.54) is 16.4 Å². The monoisotopic (exact) mass is 359 g/mol. The van der Waals surface area contributed by atoms with Crippen molar-refractivity contribution in [1.29, 1.82) is 0 Å². The van der Waals surface area contributed by atoms with E-state index < -0.39 is 0 Å². The number of rotatable bonds is 7. The lowest BCUT2D eigenvalue weighted by molar-refractivity contribution is 0.464. The zero-order chi connectivity index (χ0) is 17.7. The molecule has 24 heavy (non-hydrogen) atoms. The van der Waals surface area contributed by atoms with Crippen molar-refractivity contribution >= 4 is 25.6 Å². The number of aryl methyl sites for hydroxylation is 1. The predicted molar refractivity (Wildman–Crippen MR) is 109 cm³/mol. The van der Waals surface area contributed by atoms with Crippen LogP contribution in [0.2, 0.25) is 0 Å². The first kappa shape index (κ1) is 19.1. The van der Waals surface area contributed by atoms with Crippen LogP contribution in [0.15, 0.2) is 53.9 Å². The molecule has 0 spiro atoms. The van der Waals surface area contributed by atoms with Crippen LogP contribution in [-0.4, -0.2) is 18.4 Å². The van der Waals surface area contributed by atoms with Crippen molar-refractivity contribution in [3.8, 4) is 5.75 Å². The molecular formula is C20H26NOPS. The number of hydrogen-bond donors (Lipinski definition) is 2. The van der Waals surface area contributed by atoms with E-state index in [1.54, 1.807) is 17.8 Å². The number of hydrogen-bond acceptors (Lipinski definition) is 3. The third-order valence-electron chi connectivity index (χ3n) is 4.19. The maximum absolute atomic E-state index is 10.4. The van der Waals surface area contributed by atoms with Crippen LogP contribution in [0.25, 0.3) is 0 Å². The van der Waals surface area contributed by atoms with Crippen molar-refractivity contribution in [1.82, 2.24) is 5.32 Å². The lowest BCUT2D eigenvalue weighted by Crippen LogP contribution is -2.20. The largest absolute Gasteiger partial charge is 0.508 e. The Balaban J connectivity index is 2.47. The molecule has 0 radical (unpaired) electrons. The van der Waals surface area contributed by atoms with Gasteiger partial charge in [-0.25, -0.2) is 0 Å². The molecule has 0 aliphatic carbocycles. The van der Waals surface area contributed by atoms with Gasteiger partial charge >= 0.3 is 0 Å². The fourth-order valence-electron chi connectivity index (χ4n) is 2.75. The molecule has 4 heteroatoms. The molecule has 2 aromatic rings.